The van der Waals surface area contributed by atoms with Gasteiger partial charge in [-0.05, 0) is 19.2 Å². The van der Waals surface area contributed by atoms with E-state index in [1.807, 2.05) is 36.2 Å². The number of rotatable bonds is 7. The lowest BCUT2D eigenvalue weighted by Crippen LogP contribution is -2.49. The molecule has 1 amide bonds. The number of para-hydroxylation sites is 1. The maximum absolute atomic E-state index is 12.5. The summed E-state index contributed by atoms with van der Waals surface area (Å²) < 4.78 is 5.40. The molecule has 1 aliphatic rings. The molecule has 1 aromatic carbocycles. The van der Waals surface area contributed by atoms with Crippen molar-refractivity contribution in [1.82, 2.24) is 19.8 Å². The van der Waals surface area contributed by atoms with Gasteiger partial charge in [0.05, 0.1) is 7.11 Å². The number of benzene rings is 1. The quantitative estimate of drug-likeness (QED) is 0.740. The number of methoxy groups -OCH3 is 1. The highest BCUT2D eigenvalue weighted by Gasteiger charge is 2.22. The monoisotopic (exact) mass is 369 g/mol. The van der Waals surface area contributed by atoms with Gasteiger partial charge in [0, 0.05) is 63.6 Å². The van der Waals surface area contributed by atoms with Crippen LogP contribution in [0.25, 0.3) is 0 Å². The first-order valence-electron chi connectivity index (χ1n) is 9.27. The number of amides is 1. The van der Waals surface area contributed by atoms with Gasteiger partial charge >= 0.3 is 0 Å². The zero-order valence-electron chi connectivity index (χ0n) is 16.0. The summed E-state index contributed by atoms with van der Waals surface area (Å²) in [5.74, 6) is 1.83. The fraction of sp³-hybridized carbons (Fsp3) is 0.450. The van der Waals surface area contributed by atoms with Crippen LogP contribution in [0.2, 0.25) is 0 Å². The Morgan fingerprint density at radius 1 is 1.11 bits per heavy atom. The molecule has 0 aliphatic carbocycles. The van der Waals surface area contributed by atoms with E-state index >= 15 is 0 Å². The largest absolute Gasteiger partial charge is 0.496 e. The first kappa shape index (κ1) is 19.1. The first-order valence-corrected chi connectivity index (χ1v) is 9.27. The van der Waals surface area contributed by atoms with Crippen molar-refractivity contribution in [2.24, 2.45) is 0 Å². The number of ether oxygens (including phenoxy) is 1. The number of anilines is 1. The number of carbonyl (C=O) groups excluding carboxylic acids is 1. The van der Waals surface area contributed by atoms with Gasteiger partial charge in [-0.25, -0.2) is 9.97 Å². The highest BCUT2D eigenvalue weighted by atomic mass is 16.5. The Bertz CT molecular complexity index is 732. The van der Waals surface area contributed by atoms with Gasteiger partial charge in [0.15, 0.2) is 0 Å². The number of hydrogen-bond donors (Lipinski definition) is 0. The second-order valence-electron chi connectivity index (χ2n) is 6.72. The predicted octanol–water partition coefficient (Wildman–Crippen LogP) is 1.66. The summed E-state index contributed by atoms with van der Waals surface area (Å²) in [5.41, 5.74) is 1.13. The molecule has 7 heteroatoms. The first-order chi connectivity index (χ1) is 13.2. The normalized spacial score (nSPS) is 14.5. The minimum atomic E-state index is 0.204. The molecule has 3 rings (SSSR count). The maximum atomic E-state index is 12.5. The molecule has 0 bridgehead atoms. The van der Waals surface area contributed by atoms with Crippen molar-refractivity contribution < 1.29 is 9.53 Å². The molecule has 0 saturated carbocycles. The minimum Gasteiger partial charge on any atom is -0.496 e. The van der Waals surface area contributed by atoms with Gasteiger partial charge in [0.1, 0.15) is 5.75 Å². The van der Waals surface area contributed by atoms with Crippen LogP contribution in [-0.2, 0) is 11.3 Å². The SMILES string of the molecule is COc1ccccc1CN(C)CCC(=O)N1CCN(c2ncccn2)CC1. The van der Waals surface area contributed by atoms with E-state index in [1.165, 1.54) is 0 Å². The van der Waals surface area contributed by atoms with Gasteiger partial charge in [-0.1, -0.05) is 18.2 Å². The zero-order valence-corrected chi connectivity index (χ0v) is 16.0. The van der Waals surface area contributed by atoms with Crippen molar-refractivity contribution in [3.05, 3.63) is 48.3 Å². The Kier molecular flexibility index (Phi) is 6.59. The second kappa shape index (κ2) is 9.32. The van der Waals surface area contributed by atoms with Gasteiger partial charge in [-0.15, -0.1) is 0 Å². The fourth-order valence-corrected chi connectivity index (χ4v) is 3.26. The molecule has 144 valence electrons. The molecule has 1 fully saturated rings. The van der Waals surface area contributed by atoms with Crippen molar-refractivity contribution in [3.63, 3.8) is 0 Å². The average molecular weight is 369 g/mol. The molecule has 7 nitrogen and oxygen atoms in total. The van der Waals surface area contributed by atoms with E-state index in [0.717, 1.165) is 43.4 Å². The van der Waals surface area contributed by atoms with Crippen LogP contribution in [0.5, 0.6) is 5.75 Å². The predicted molar refractivity (Wildman–Crippen MR) is 105 cm³/mol. The van der Waals surface area contributed by atoms with Gasteiger partial charge in [0.25, 0.3) is 0 Å². The Morgan fingerprint density at radius 3 is 2.52 bits per heavy atom. The number of hydrogen-bond acceptors (Lipinski definition) is 6. The van der Waals surface area contributed by atoms with E-state index < -0.39 is 0 Å². The van der Waals surface area contributed by atoms with Crippen LogP contribution in [0.15, 0.2) is 42.7 Å². The molecule has 0 radical (unpaired) electrons. The van der Waals surface area contributed by atoms with E-state index in [4.69, 9.17) is 4.74 Å². The van der Waals surface area contributed by atoms with Gasteiger partial charge in [-0.3, -0.25) is 4.79 Å². The van der Waals surface area contributed by atoms with Gasteiger partial charge in [-0.2, -0.15) is 0 Å². The van der Waals surface area contributed by atoms with Crippen LogP contribution < -0.4 is 9.64 Å². The van der Waals surface area contributed by atoms with Crippen LogP contribution in [0.3, 0.4) is 0 Å². The molecule has 1 aliphatic heterocycles. The average Bonchev–Trinajstić information content (AvgIpc) is 2.73. The van der Waals surface area contributed by atoms with Crippen LogP contribution >= 0.6 is 0 Å². The third kappa shape index (κ3) is 5.17. The van der Waals surface area contributed by atoms with Gasteiger partial charge in [0.2, 0.25) is 11.9 Å². The van der Waals surface area contributed by atoms with E-state index in [-0.39, 0.29) is 5.91 Å². The summed E-state index contributed by atoms with van der Waals surface area (Å²) in [4.78, 5) is 27.3. The molecular formula is C20H27N5O2. The summed E-state index contributed by atoms with van der Waals surface area (Å²) >= 11 is 0. The lowest BCUT2D eigenvalue weighted by molar-refractivity contribution is -0.131. The molecule has 2 aromatic rings. The van der Waals surface area contributed by atoms with Crippen LogP contribution in [0.4, 0.5) is 5.95 Å². The summed E-state index contributed by atoms with van der Waals surface area (Å²) in [6.07, 6.45) is 4.02. The number of aromatic nitrogens is 2. The van der Waals surface area contributed by atoms with Crippen molar-refractivity contribution in [1.29, 1.82) is 0 Å². The van der Waals surface area contributed by atoms with Crippen molar-refractivity contribution >= 4 is 11.9 Å². The molecule has 1 aromatic heterocycles. The number of carbonyl (C=O) groups is 1. The summed E-state index contributed by atoms with van der Waals surface area (Å²) in [7, 11) is 3.72. The number of nitrogens with zero attached hydrogens (tertiary/aromatic N) is 5. The van der Waals surface area contributed by atoms with Crippen molar-refractivity contribution in [2.75, 3.05) is 51.8 Å². The Labute approximate surface area is 160 Å². The summed E-state index contributed by atoms with van der Waals surface area (Å²) in [6, 6.07) is 9.80. The zero-order chi connectivity index (χ0) is 19.1. The molecule has 0 atom stereocenters. The van der Waals surface area contributed by atoms with E-state index in [0.29, 0.717) is 19.5 Å². The van der Waals surface area contributed by atoms with Crippen LogP contribution in [0, 0.1) is 0 Å². The minimum absolute atomic E-state index is 0.204. The molecule has 0 N–H and O–H groups in total. The van der Waals surface area contributed by atoms with Gasteiger partial charge < -0.3 is 19.4 Å². The molecular weight excluding hydrogens is 342 g/mol. The molecule has 0 spiro atoms. The lowest BCUT2D eigenvalue weighted by Gasteiger charge is -2.35. The van der Waals surface area contributed by atoms with E-state index in [2.05, 4.69) is 25.8 Å². The topological polar surface area (TPSA) is 61.8 Å². The molecule has 27 heavy (non-hydrogen) atoms. The molecule has 0 unspecified atom stereocenters. The summed E-state index contributed by atoms with van der Waals surface area (Å²) in [5, 5.41) is 0. The van der Waals surface area contributed by atoms with Crippen molar-refractivity contribution in [3.8, 4) is 5.75 Å². The molecule has 1 saturated heterocycles. The fourth-order valence-electron chi connectivity index (χ4n) is 3.26. The highest BCUT2D eigenvalue weighted by Crippen LogP contribution is 2.19. The van der Waals surface area contributed by atoms with E-state index in [9.17, 15) is 4.79 Å². The third-order valence-electron chi connectivity index (χ3n) is 4.81. The molecule has 2 heterocycles. The Morgan fingerprint density at radius 2 is 1.81 bits per heavy atom. The van der Waals surface area contributed by atoms with E-state index in [1.54, 1.807) is 19.5 Å². The van der Waals surface area contributed by atoms with Crippen LogP contribution in [-0.4, -0.2) is 72.6 Å². The summed E-state index contributed by atoms with van der Waals surface area (Å²) in [6.45, 7) is 4.45. The third-order valence-corrected chi connectivity index (χ3v) is 4.81. The lowest BCUT2D eigenvalue weighted by atomic mass is 10.2. The van der Waals surface area contributed by atoms with Crippen molar-refractivity contribution in [2.45, 2.75) is 13.0 Å². The second-order valence-corrected chi connectivity index (χ2v) is 6.72. The Balaban J connectivity index is 1.43. The Hall–Kier alpha value is -2.67. The maximum Gasteiger partial charge on any atom is 0.225 e. The smallest absolute Gasteiger partial charge is 0.225 e. The standard InChI is InChI=1S/C20H27N5O2/c1-23(16-17-6-3-4-7-18(17)27-2)11-8-19(26)24-12-14-25(15-13-24)20-21-9-5-10-22-20/h3-7,9-10H,8,11-16H2,1-2H3. The van der Waals surface area contributed by atoms with Crippen LogP contribution in [0.1, 0.15) is 12.0 Å². The number of piperazine rings is 1. The highest BCUT2D eigenvalue weighted by molar-refractivity contribution is 5.76.